The van der Waals surface area contributed by atoms with Crippen molar-refractivity contribution in [3.05, 3.63) is 0 Å². The zero-order valence-electron chi connectivity index (χ0n) is 7.52. The number of hydrogen-bond donors (Lipinski definition) is 2. The Kier molecular flexibility index (Phi) is 3.59. The molecule has 1 saturated heterocycles. The molecule has 2 atom stereocenters. The number of nitrogens with one attached hydrogen (secondary N) is 2. The van der Waals surface area contributed by atoms with E-state index < -0.39 is 12.3 Å². The van der Waals surface area contributed by atoms with Gasteiger partial charge in [0, 0.05) is 12.1 Å². The molecular formula is C8H14F2N2O. The van der Waals surface area contributed by atoms with Gasteiger partial charge >= 0.3 is 6.43 Å². The van der Waals surface area contributed by atoms with Crippen molar-refractivity contribution in [3.8, 4) is 0 Å². The molecule has 1 amide bonds. The van der Waals surface area contributed by atoms with E-state index in [0.29, 0.717) is 0 Å². The number of rotatable bonds is 2. The van der Waals surface area contributed by atoms with Gasteiger partial charge in [-0.2, -0.15) is 8.78 Å². The van der Waals surface area contributed by atoms with Gasteiger partial charge in [-0.3, -0.25) is 4.79 Å². The predicted octanol–water partition coefficient (Wildman–Crippen LogP) is 0.508. The van der Waals surface area contributed by atoms with Gasteiger partial charge in [0.05, 0.1) is 0 Å². The van der Waals surface area contributed by atoms with Crippen LogP contribution in [-0.4, -0.2) is 31.0 Å². The third-order valence-corrected chi connectivity index (χ3v) is 2.17. The molecule has 1 rings (SSSR count). The number of carbonyl (C=O) groups is 1. The average molecular weight is 192 g/mol. The summed E-state index contributed by atoms with van der Waals surface area (Å²) in [6, 6.07) is 0.189. The normalized spacial score (nSPS) is 28.9. The standard InChI is InChI=1S/C8H14F2N2O/c1-5-4-6(2-3-11-5)12-8(13)7(9)10/h5-7,11H,2-4H2,1H3,(H,12,13). The van der Waals surface area contributed by atoms with E-state index in [1.807, 2.05) is 6.92 Å². The summed E-state index contributed by atoms with van der Waals surface area (Å²) in [5.74, 6) is -1.15. The molecule has 2 N–H and O–H groups in total. The zero-order valence-corrected chi connectivity index (χ0v) is 7.52. The minimum atomic E-state index is -2.90. The van der Waals surface area contributed by atoms with Gasteiger partial charge in [-0.05, 0) is 26.3 Å². The summed E-state index contributed by atoms with van der Waals surface area (Å²) in [4.78, 5) is 10.6. The Bertz CT molecular complexity index is 187. The van der Waals surface area contributed by atoms with Crippen LogP contribution in [0.2, 0.25) is 0 Å². The smallest absolute Gasteiger partial charge is 0.315 e. The average Bonchev–Trinajstić information content (AvgIpc) is 2.04. The molecule has 0 radical (unpaired) electrons. The van der Waals surface area contributed by atoms with Gasteiger partial charge in [0.25, 0.3) is 5.91 Å². The lowest BCUT2D eigenvalue weighted by Gasteiger charge is -2.28. The van der Waals surface area contributed by atoms with Crippen LogP contribution in [0.5, 0.6) is 0 Å². The van der Waals surface area contributed by atoms with E-state index in [1.165, 1.54) is 0 Å². The highest BCUT2D eigenvalue weighted by atomic mass is 19.3. The molecule has 1 fully saturated rings. The predicted molar refractivity (Wildman–Crippen MR) is 44.6 cm³/mol. The van der Waals surface area contributed by atoms with Gasteiger partial charge in [0.1, 0.15) is 0 Å². The van der Waals surface area contributed by atoms with Gasteiger partial charge in [0.15, 0.2) is 0 Å². The number of carbonyl (C=O) groups excluding carboxylic acids is 1. The van der Waals surface area contributed by atoms with Crippen molar-refractivity contribution in [1.29, 1.82) is 0 Å². The van der Waals surface area contributed by atoms with Crippen molar-refractivity contribution >= 4 is 5.91 Å². The maximum atomic E-state index is 11.9. The quantitative estimate of drug-likeness (QED) is 0.669. The second-order valence-corrected chi connectivity index (χ2v) is 3.39. The van der Waals surface area contributed by atoms with E-state index in [-0.39, 0.29) is 12.1 Å². The highest BCUT2D eigenvalue weighted by Crippen LogP contribution is 2.08. The van der Waals surface area contributed by atoms with Crippen molar-refractivity contribution in [1.82, 2.24) is 10.6 Å². The van der Waals surface area contributed by atoms with Crippen LogP contribution < -0.4 is 10.6 Å². The topological polar surface area (TPSA) is 41.1 Å². The molecule has 1 heterocycles. The minimum absolute atomic E-state index is 0.0993. The molecule has 0 saturated carbocycles. The Morgan fingerprint density at radius 3 is 2.85 bits per heavy atom. The molecule has 0 spiro atoms. The zero-order chi connectivity index (χ0) is 9.84. The van der Waals surface area contributed by atoms with E-state index >= 15 is 0 Å². The van der Waals surface area contributed by atoms with Crippen LogP contribution in [0.1, 0.15) is 19.8 Å². The lowest BCUT2D eigenvalue weighted by Crippen LogP contribution is -2.48. The Labute approximate surface area is 75.9 Å². The lowest BCUT2D eigenvalue weighted by atomic mass is 10.0. The third-order valence-electron chi connectivity index (χ3n) is 2.17. The second-order valence-electron chi connectivity index (χ2n) is 3.39. The van der Waals surface area contributed by atoms with Crippen LogP contribution in [-0.2, 0) is 4.79 Å². The number of halogens is 2. The molecule has 0 aromatic rings. The summed E-state index contributed by atoms with van der Waals surface area (Å²) in [6.07, 6.45) is -1.45. The fourth-order valence-corrected chi connectivity index (χ4v) is 1.53. The van der Waals surface area contributed by atoms with Crippen LogP contribution in [0.25, 0.3) is 0 Å². The molecular weight excluding hydrogens is 178 g/mol. The first-order valence-corrected chi connectivity index (χ1v) is 4.41. The van der Waals surface area contributed by atoms with Crippen molar-refractivity contribution in [2.75, 3.05) is 6.54 Å². The second kappa shape index (κ2) is 4.50. The largest absolute Gasteiger partial charge is 0.348 e. The van der Waals surface area contributed by atoms with Crippen molar-refractivity contribution in [2.45, 2.75) is 38.3 Å². The molecule has 76 valence electrons. The van der Waals surface area contributed by atoms with E-state index in [1.54, 1.807) is 0 Å². The van der Waals surface area contributed by atoms with Gasteiger partial charge in [-0.1, -0.05) is 0 Å². The maximum Gasteiger partial charge on any atom is 0.315 e. The Morgan fingerprint density at radius 2 is 2.31 bits per heavy atom. The van der Waals surface area contributed by atoms with Gasteiger partial charge in [0.2, 0.25) is 0 Å². The first-order chi connectivity index (χ1) is 6.09. The highest BCUT2D eigenvalue weighted by molar-refractivity contribution is 5.79. The van der Waals surface area contributed by atoms with Crippen LogP contribution >= 0.6 is 0 Å². The van der Waals surface area contributed by atoms with Crippen molar-refractivity contribution < 1.29 is 13.6 Å². The van der Waals surface area contributed by atoms with Crippen LogP contribution in [0.15, 0.2) is 0 Å². The van der Waals surface area contributed by atoms with Crippen LogP contribution in [0.4, 0.5) is 8.78 Å². The Hall–Kier alpha value is -0.710. The number of hydrogen-bond acceptors (Lipinski definition) is 2. The lowest BCUT2D eigenvalue weighted by molar-refractivity contribution is -0.132. The fraction of sp³-hybridized carbons (Fsp3) is 0.875. The third kappa shape index (κ3) is 3.26. The minimum Gasteiger partial charge on any atom is -0.348 e. The number of alkyl halides is 2. The number of amides is 1. The number of piperidine rings is 1. The molecule has 3 nitrogen and oxygen atoms in total. The maximum absolute atomic E-state index is 11.9. The van der Waals surface area contributed by atoms with E-state index in [2.05, 4.69) is 10.6 Å². The molecule has 0 aromatic carbocycles. The summed E-state index contributed by atoms with van der Waals surface area (Å²) in [5, 5.41) is 5.50. The highest BCUT2D eigenvalue weighted by Gasteiger charge is 2.23. The fourth-order valence-electron chi connectivity index (χ4n) is 1.53. The molecule has 5 heteroatoms. The molecule has 13 heavy (non-hydrogen) atoms. The van der Waals surface area contributed by atoms with E-state index in [0.717, 1.165) is 19.4 Å². The monoisotopic (exact) mass is 192 g/mol. The molecule has 0 aliphatic carbocycles. The summed E-state index contributed by atoms with van der Waals surface area (Å²) in [7, 11) is 0. The van der Waals surface area contributed by atoms with Crippen LogP contribution in [0.3, 0.4) is 0 Å². The molecule has 0 bridgehead atoms. The molecule has 1 aliphatic rings. The van der Waals surface area contributed by atoms with Gasteiger partial charge < -0.3 is 10.6 Å². The molecule has 0 aromatic heterocycles. The van der Waals surface area contributed by atoms with E-state index in [9.17, 15) is 13.6 Å². The van der Waals surface area contributed by atoms with Crippen molar-refractivity contribution in [3.63, 3.8) is 0 Å². The summed E-state index contributed by atoms with van der Waals surface area (Å²) < 4.78 is 23.7. The SMILES string of the molecule is CC1CC(NC(=O)C(F)F)CCN1. The Balaban J connectivity index is 2.31. The summed E-state index contributed by atoms with van der Waals surface area (Å²) >= 11 is 0. The van der Waals surface area contributed by atoms with Crippen molar-refractivity contribution in [2.24, 2.45) is 0 Å². The summed E-state index contributed by atoms with van der Waals surface area (Å²) in [5.41, 5.74) is 0. The van der Waals surface area contributed by atoms with Crippen LogP contribution in [0, 0.1) is 0 Å². The first-order valence-electron chi connectivity index (χ1n) is 4.41. The Morgan fingerprint density at radius 1 is 1.62 bits per heavy atom. The van der Waals surface area contributed by atoms with Gasteiger partial charge in [-0.15, -0.1) is 0 Å². The molecule has 2 unspecified atom stereocenters. The van der Waals surface area contributed by atoms with E-state index in [4.69, 9.17) is 0 Å². The first kappa shape index (κ1) is 10.4. The summed E-state index contributed by atoms with van der Waals surface area (Å²) in [6.45, 7) is 2.75. The van der Waals surface area contributed by atoms with Gasteiger partial charge in [-0.25, -0.2) is 0 Å². The molecule has 1 aliphatic heterocycles.